The average molecular weight is 688 g/mol. The molecule has 2 aromatic carbocycles. The minimum Gasteiger partial charge on any atom is -0.491 e. The Balaban J connectivity index is 1.20. The third-order valence-electron chi connectivity index (χ3n) is 5.77. The molecule has 0 saturated carbocycles. The maximum Gasteiger partial charge on any atom is 0.297 e. The molecule has 2 aromatic rings. The fourth-order valence-corrected chi connectivity index (χ4v) is 4.47. The molecule has 0 heterocycles. The maximum absolute atomic E-state index is 12.0. The Hall–Kier alpha value is -2.70. The first kappa shape index (κ1) is 40.5. The van der Waals surface area contributed by atoms with Crippen molar-refractivity contribution in [1.29, 1.82) is 0 Å². The zero-order valence-electron chi connectivity index (χ0n) is 27.1. The van der Waals surface area contributed by atoms with Gasteiger partial charge in [0.25, 0.3) is 10.1 Å². The van der Waals surface area contributed by atoms with Gasteiger partial charge in [-0.05, 0) is 36.4 Å². The number of rotatable bonds is 31. The van der Waals surface area contributed by atoms with Gasteiger partial charge in [-0.15, -0.1) is 0 Å². The number of amides is 1. The highest BCUT2D eigenvalue weighted by molar-refractivity contribution is 7.86. The summed E-state index contributed by atoms with van der Waals surface area (Å²) in [5.74, 6) is 0.594. The summed E-state index contributed by atoms with van der Waals surface area (Å²) in [6.07, 6.45) is 0. The number of carbonyl (C=O) groups excluding carboxylic acids is 1. The summed E-state index contributed by atoms with van der Waals surface area (Å²) in [7, 11) is -3.76. The molecule has 0 unspecified atom stereocenters. The van der Waals surface area contributed by atoms with E-state index < -0.39 is 10.1 Å². The largest absolute Gasteiger partial charge is 0.491 e. The van der Waals surface area contributed by atoms with E-state index in [1.807, 2.05) is 0 Å². The Labute approximate surface area is 277 Å². The van der Waals surface area contributed by atoms with Gasteiger partial charge in [-0.3, -0.25) is 8.98 Å². The van der Waals surface area contributed by atoms with Gasteiger partial charge in [-0.1, -0.05) is 18.2 Å². The molecule has 15 heteroatoms. The molecule has 1 amide bonds. The summed E-state index contributed by atoms with van der Waals surface area (Å²) in [6, 6.07) is 15.1. The van der Waals surface area contributed by atoms with Gasteiger partial charge >= 0.3 is 0 Å². The number of ether oxygens (including phenoxy) is 9. The van der Waals surface area contributed by atoms with E-state index >= 15 is 0 Å². The van der Waals surface area contributed by atoms with Crippen LogP contribution in [0.3, 0.4) is 0 Å². The number of nitrogens with one attached hydrogen (secondary N) is 1. The molecule has 0 aliphatic carbocycles. The van der Waals surface area contributed by atoms with Crippen LogP contribution in [0.4, 0.5) is 5.69 Å². The van der Waals surface area contributed by atoms with Crippen LogP contribution in [0.15, 0.2) is 59.5 Å². The Morgan fingerprint density at radius 3 is 1.26 bits per heavy atom. The summed E-state index contributed by atoms with van der Waals surface area (Å²) in [5, 5.41) is 2.70. The molecule has 1 N–H and O–H groups in total. The molecule has 0 aliphatic rings. The van der Waals surface area contributed by atoms with Crippen LogP contribution in [0.5, 0.6) is 5.75 Å². The first-order chi connectivity index (χ1) is 23.0. The second kappa shape index (κ2) is 27.3. The molecule has 47 heavy (non-hydrogen) atoms. The third-order valence-corrected chi connectivity index (χ3v) is 7.10. The van der Waals surface area contributed by atoms with Crippen LogP contribution in [-0.2, 0) is 57.0 Å². The van der Waals surface area contributed by atoms with E-state index in [9.17, 15) is 13.2 Å². The number of hydrogen-bond donors (Lipinski definition) is 1. The zero-order chi connectivity index (χ0) is 33.7. The highest BCUT2D eigenvalue weighted by Crippen LogP contribution is 2.15. The van der Waals surface area contributed by atoms with Gasteiger partial charge in [0.2, 0.25) is 5.91 Å². The summed E-state index contributed by atoms with van der Waals surface area (Å²) in [6.45, 7) is 8.62. The van der Waals surface area contributed by atoms with Gasteiger partial charge in [0.05, 0.1) is 117 Å². The van der Waals surface area contributed by atoms with Crippen molar-refractivity contribution in [2.45, 2.75) is 11.8 Å². The quantitative estimate of drug-likeness (QED) is 0.0913. The summed E-state index contributed by atoms with van der Waals surface area (Å²) in [5.41, 5.74) is 0.724. The monoisotopic (exact) mass is 687 g/mol. The van der Waals surface area contributed by atoms with Gasteiger partial charge < -0.3 is 47.9 Å². The number of hydrogen-bond acceptors (Lipinski definition) is 13. The van der Waals surface area contributed by atoms with Crippen LogP contribution in [0.2, 0.25) is 0 Å². The lowest BCUT2D eigenvalue weighted by atomic mass is 10.3. The Morgan fingerprint density at radius 1 is 0.511 bits per heavy atom. The van der Waals surface area contributed by atoms with Crippen LogP contribution in [0, 0.1) is 0 Å². The van der Waals surface area contributed by atoms with Crippen molar-refractivity contribution < 1.29 is 60.0 Å². The van der Waals surface area contributed by atoms with Crippen molar-refractivity contribution >= 4 is 21.7 Å². The normalized spacial score (nSPS) is 11.5. The molecule has 2 rings (SSSR count). The van der Waals surface area contributed by atoms with Crippen LogP contribution in [0.1, 0.15) is 6.92 Å². The lowest BCUT2D eigenvalue weighted by molar-refractivity contribution is -0.114. The molecule has 0 aromatic heterocycles. The third kappa shape index (κ3) is 22.5. The summed E-state index contributed by atoms with van der Waals surface area (Å²) < 4.78 is 77.9. The smallest absolute Gasteiger partial charge is 0.297 e. The number of carbonyl (C=O) groups is 1. The van der Waals surface area contributed by atoms with Crippen molar-refractivity contribution in [3.63, 3.8) is 0 Å². The molecular weight excluding hydrogens is 638 g/mol. The van der Waals surface area contributed by atoms with Crippen LogP contribution in [0.25, 0.3) is 0 Å². The zero-order valence-corrected chi connectivity index (χ0v) is 28.0. The second-order valence-electron chi connectivity index (χ2n) is 9.54. The molecule has 0 aliphatic heterocycles. The van der Waals surface area contributed by atoms with E-state index in [-0.39, 0.29) is 24.0 Å². The minimum atomic E-state index is -3.76. The van der Waals surface area contributed by atoms with Crippen molar-refractivity contribution in [2.75, 3.05) is 124 Å². The van der Waals surface area contributed by atoms with E-state index in [1.165, 1.54) is 19.1 Å². The molecule has 0 bridgehead atoms. The summed E-state index contributed by atoms with van der Waals surface area (Å²) >= 11 is 0. The van der Waals surface area contributed by atoms with E-state index in [0.29, 0.717) is 111 Å². The topological polar surface area (TPSA) is 156 Å². The predicted molar refractivity (Wildman–Crippen MR) is 172 cm³/mol. The van der Waals surface area contributed by atoms with Crippen LogP contribution < -0.4 is 10.1 Å². The molecule has 0 spiro atoms. The highest BCUT2D eigenvalue weighted by atomic mass is 32.2. The van der Waals surface area contributed by atoms with E-state index in [2.05, 4.69) is 5.32 Å². The Kier molecular flexibility index (Phi) is 23.5. The standard InChI is InChI=1S/C32H49NO13S/c1-29(34)33-30-7-9-31(10-8-30)45-27-25-43-23-21-41-19-17-39-15-13-37-11-12-38-14-16-40-18-20-42-22-24-44-26-28-46-47(35,36)32-5-3-2-4-6-32/h2-10H,11-28H2,1H3,(H,33,34). The SMILES string of the molecule is CC(=O)Nc1ccc(OCCOCCOCCOCCOCCOCCOCCOCCOCCOS(=O)(=O)c2ccccc2)cc1. The molecule has 0 saturated heterocycles. The van der Waals surface area contributed by atoms with Gasteiger partial charge in [0.15, 0.2) is 0 Å². The van der Waals surface area contributed by atoms with Crippen LogP contribution >= 0.6 is 0 Å². The van der Waals surface area contributed by atoms with E-state index in [1.54, 1.807) is 42.5 Å². The van der Waals surface area contributed by atoms with Crippen molar-refractivity contribution in [1.82, 2.24) is 0 Å². The van der Waals surface area contributed by atoms with Crippen LogP contribution in [-0.4, -0.2) is 133 Å². The molecule has 14 nitrogen and oxygen atoms in total. The fourth-order valence-electron chi connectivity index (χ4n) is 3.56. The Bertz CT molecular complexity index is 1140. The maximum atomic E-state index is 12.0. The van der Waals surface area contributed by atoms with Crippen molar-refractivity contribution in [3.8, 4) is 5.75 Å². The Morgan fingerprint density at radius 2 is 0.872 bits per heavy atom. The average Bonchev–Trinajstić information content (AvgIpc) is 3.07. The molecule has 0 atom stereocenters. The summed E-state index contributed by atoms with van der Waals surface area (Å²) in [4.78, 5) is 11.1. The lowest BCUT2D eigenvalue weighted by Gasteiger charge is -2.09. The minimum absolute atomic E-state index is 0.0623. The molecule has 266 valence electrons. The second-order valence-corrected chi connectivity index (χ2v) is 11.2. The lowest BCUT2D eigenvalue weighted by Crippen LogP contribution is -2.15. The van der Waals surface area contributed by atoms with Gasteiger partial charge in [0.1, 0.15) is 12.4 Å². The number of anilines is 1. The van der Waals surface area contributed by atoms with Crippen molar-refractivity contribution in [3.05, 3.63) is 54.6 Å². The van der Waals surface area contributed by atoms with Gasteiger partial charge in [-0.2, -0.15) is 8.42 Å². The van der Waals surface area contributed by atoms with Gasteiger partial charge in [0, 0.05) is 12.6 Å². The predicted octanol–water partition coefficient (Wildman–Crippen LogP) is 2.56. The van der Waals surface area contributed by atoms with Crippen molar-refractivity contribution in [2.24, 2.45) is 0 Å². The highest BCUT2D eigenvalue weighted by Gasteiger charge is 2.13. The van der Waals surface area contributed by atoms with Gasteiger partial charge in [-0.25, -0.2) is 0 Å². The molecule has 0 radical (unpaired) electrons. The number of benzene rings is 2. The molecular formula is C32H49NO13S. The fraction of sp³-hybridized carbons (Fsp3) is 0.594. The van der Waals surface area contributed by atoms with E-state index in [0.717, 1.165) is 5.69 Å². The first-order valence-corrected chi connectivity index (χ1v) is 16.9. The molecule has 0 fully saturated rings. The van der Waals surface area contributed by atoms with E-state index in [4.69, 9.17) is 46.8 Å². The first-order valence-electron chi connectivity index (χ1n) is 15.5.